The molecule has 4 rings (SSSR count). The molecule has 1 fully saturated rings. The molecule has 0 radical (unpaired) electrons. The van der Waals surface area contributed by atoms with Gasteiger partial charge in [0, 0.05) is 32.3 Å². The molecule has 0 atom stereocenters. The van der Waals surface area contributed by atoms with Crippen molar-refractivity contribution in [2.24, 2.45) is 0 Å². The molecule has 2 heterocycles. The van der Waals surface area contributed by atoms with Crippen molar-refractivity contribution in [2.75, 3.05) is 65.6 Å². The van der Waals surface area contributed by atoms with E-state index in [9.17, 15) is 4.79 Å². The number of halogens is 1. The summed E-state index contributed by atoms with van der Waals surface area (Å²) in [5, 5.41) is 1.27. The van der Waals surface area contributed by atoms with Crippen LogP contribution in [0.5, 0.6) is 17.2 Å². The number of carbonyl (C=O) groups is 1. The van der Waals surface area contributed by atoms with Crippen molar-refractivity contribution in [3.05, 3.63) is 46.5 Å². The Morgan fingerprint density at radius 1 is 1.16 bits per heavy atom. The number of aryl methyl sites for hydroxylation is 1. The molecule has 3 aromatic rings. The molecule has 0 saturated carbocycles. The number of rotatable bonds is 10. The van der Waals surface area contributed by atoms with E-state index in [2.05, 4.69) is 4.90 Å². The minimum Gasteiger partial charge on any atom is -0.493 e. The van der Waals surface area contributed by atoms with Crippen molar-refractivity contribution >= 4 is 50.3 Å². The summed E-state index contributed by atoms with van der Waals surface area (Å²) in [6.07, 6.45) is 4.11. The summed E-state index contributed by atoms with van der Waals surface area (Å²) in [4.78, 5) is 22.4. The minimum atomic E-state index is -0.163. The maximum absolute atomic E-state index is 13.5. The summed E-state index contributed by atoms with van der Waals surface area (Å²) in [5.41, 5.74) is 2.60. The molecule has 2 aromatic carbocycles. The van der Waals surface area contributed by atoms with Crippen LogP contribution in [0.1, 0.15) is 17.5 Å². The van der Waals surface area contributed by atoms with Crippen LogP contribution >= 0.6 is 22.9 Å². The van der Waals surface area contributed by atoms with Crippen LogP contribution in [0.3, 0.4) is 0 Å². The van der Waals surface area contributed by atoms with Gasteiger partial charge in [-0.15, -0.1) is 0 Å². The highest BCUT2D eigenvalue weighted by Crippen LogP contribution is 2.39. The highest BCUT2D eigenvalue weighted by atomic mass is 35.5. The summed E-state index contributed by atoms with van der Waals surface area (Å²) >= 11 is 7.89. The number of amides is 1. The Balaban J connectivity index is 1.60. The molecule has 1 aromatic heterocycles. The molecule has 0 N–H and O–H groups in total. The van der Waals surface area contributed by atoms with Crippen LogP contribution in [0.25, 0.3) is 16.3 Å². The smallest absolute Gasteiger partial charge is 0.252 e. The van der Waals surface area contributed by atoms with Gasteiger partial charge >= 0.3 is 0 Å². The topological polar surface area (TPSA) is 73.4 Å². The van der Waals surface area contributed by atoms with Crippen molar-refractivity contribution in [2.45, 2.75) is 13.3 Å². The van der Waals surface area contributed by atoms with Gasteiger partial charge in [0.15, 0.2) is 16.6 Å². The first-order valence-electron chi connectivity index (χ1n) is 12.1. The normalized spacial score (nSPS) is 14.3. The maximum atomic E-state index is 13.5. The average molecular weight is 546 g/mol. The van der Waals surface area contributed by atoms with E-state index in [1.807, 2.05) is 19.1 Å². The molecule has 1 aliphatic rings. The van der Waals surface area contributed by atoms with Gasteiger partial charge in [0.1, 0.15) is 0 Å². The lowest BCUT2D eigenvalue weighted by atomic mass is 10.1. The first-order chi connectivity index (χ1) is 17.9. The number of methoxy groups -OCH3 is 3. The average Bonchev–Trinajstić information content (AvgIpc) is 3.38. The third-order valence-electron chi connectivity index (χ3n) is 6.25. The fourth-order valence-electron chi connectivity index (χ4n) is 4.24. The minimum absolute atomic E-state index is 0.163. The molecule has 0 spiro atoms. The molecule has 0 bridgehead atoms. The lowest BCUT2D eigenvalue weighted by Crippen LogP contribution is -2.39. The number of fused-ring (bicyclic) bond motifs is 1. The first kappa shape index (κ1) is 27.2. The lowest BCUT2D eigenvalue weighted by molar-refractivity contribution is -0.114. The molecule has 0 unspecified atom stereocenters. The Morgan fingerprint density at radius 2 is 1.86 bits per heavy atom. The Kier molecular flexibility index (Phi) is 9.26. The van der Waals surface area contributed by atoms with Gasteiger partial charge in [-0.25, -0.2) is 4.98 Å². The zero-order valence-corrected chi connectivity index (χ0v) is 23.2. The number of morpholine rings is 1. The first-order valence-corrected chi connectivity index (χ1v) is 13.3. The van der Waals surface area contributed by atoms with Crippen LogP contribution in [0.2, 0.25) is 5.02 Å². The maximum Gasteiger partial charge on any atom is 0.252 e. The number of aromatic nitrogens is 1. The van der Waals surface area contributed by atoms with Gasteiger partial charge in [0.25, 0.3) is 5.91 Å². The number of carbonyl (C=O) groups excluding carboxylic acids is 1. The number of hydrogen-bond acceptors (Lipinski definition) is 8. The van der Waals surface area contributed by atoms with Gasteiger partial charge < -0.3 is 18.9 Å². The van der Waals surface area contributed by atoms with Crippen molar-refractivity contribution in [3.63, 3.8) is 0 Å². The van der Waals surface area contributed by atoms with Crippen LogP contribution in [0.4, 0.5) is 5.13 Å². The van der Waals surface area contributed by atoms with Crippen LogP contribution < -0.4 is 19.1 Å². The Labute approximate surface area is 226 Å². The molecule has 10 heteroatoms. The third kappa shape index (κ3) is 6.35. The predicted octanol–water partition coefficient (Wildman–Crippen LogP) is 5.05. The number of ether oxygens (including phenoxy) is 4. The van der Waals surface area contributed by atoms with Gasteiger partial charge in [0.2, 0.25) is 5.75 Å². The van der Waals surface area contributed by atoms with E-state index in [4.69, 9.17) is 35.5 Å². The van der Waals surface area contributed by atoms with E-state index in [1.165, 1.54) is 11.3 Å². The zero-order valence-electron chi connectivity index (χ0n) is 21.6. The number of benzene rings is 2. The van der Waals surface area contributed by atoms with E-state index < -0.39 is 0 Å². The highest BCUT2D eigenvalue weighted by Gasteiger charge is 2.21. The number of thiazole rings is 1. The van der Waals surface area contributed by atoms with Crippen LogP contribution in [0.15, 0.2) is 30.3 Å². The SMILES string of the molecule is COc1cc(/C=C/C(=O)N(CCCN2CCOCC2)c2nc3c(C)ccc(Cl)c3s2)cc(OC)c1OC. The highest BCUT2D eigenvalue weighted by molar-refractivity contribution is 7.23. The van der Waals surface area contributed by atoms with Gasteiger partial charge in [-0.1, -0.05) is 29.0 Å². The Morgan fingerprint density at radius 3 is 2.49 bits per heavy atom. The molecule has 37 heavy (non-hydrogen) atoms. The van der Waals surface area contributed by atoms with E-state index in [0.717, 1.165) is 60.6 Å². The van der Waals surface area contributed by atoms with E-state index in [1.54, 1.807) is 50.5 Å². The van der Waals surface area contributed by atoms with Gasteiger partial charge in [-0.05, 0) is 48.7 Å². The van der Waals surface area contributed by atoms with Gasteiger partial charge in [0.05, 0.1) is 49.8 Å². The predicted molar refractivity (Wildman–Crippen MR) is 149 cm³/mol. The Hall–Kier alpha value is -2.85. The number of hydrogen-bond donors (Lipinski definition) is 0. The van der Waals surface area contributed by atoms with Gasteiger partial charge in [-0.3, -0.25) is 14.6 Å². The van der Waals surface area contributed by atoms with E-state index in [-0.39, 0.29) is 5.91 Å². The number of nitrogens with zero attached hydrogens (tertiary/aromatic N) is 3. The molecule has 8 nitrogen and oxygen atoms in total. The zero-order chi connectivity index (χ0) is 26.4. The second-order valence-electron chi connectivity index (χ2n) is 8.63. The van der Waals surface area contributed by atoms with E-state index >= 15 is 0 Å². The second kappa shape index (κ2) is 12.6. The summed E-state index contributed by atoms with van der Waals surface area (Å²) in [6, 6.07) is 7.42. The molecular formula is C27H32ClN3O5S. The quantitative estimate of drug-likeness (QED) is 0.330. The van der Waals surface area contributed by atoms with Crippen LogP contribution in [0, 0.1) is 6.92 Å². The van der Waals surface area contributed by atoms with Crippen molar-refractivity contribution < 1.29 is 23.7 Å². The number of anilines is 1. The monoisotopic (exact) mass is 545 g/mol. The third-order valence-corrected chi connectivity index (χ3v) is 7.79. The lowest BCUT2D eigenvalue weighted by Gasteiger charge is -2.27. The Bertz CT molecular complexity index is 1210. The van der Waals surface area contributed by atoms with Crippen molar-refractivity contribution in [3.8, 4) is 17.2 Å². The fourth-order valence-corrected chi connectivity index (χ4v) is 5.59. The molecule has 0 aliphatic carbocycles. The largest absolute Gasteiger partial charge is 0.493 e. The standard InChI is InChI=1S/C27H32ClN3O5S/c1-18-6-8-20(28)26-24(18)29-27(37-26)31(11-5-10-30-12-14-36-15-13-30)23(32)9-7-19-16-21(33-2)25(35-4)22(17-19)34-3/h6-9,16-17H,5,10-15H2,1-4H3/b9-7+. The molecular weight excluding hydrogens is 514 g/mol. The molecule has 1 amide bonds. The van der Waals surface area contributed by atoms with Crippen molar-refractivity contribution in [1.82, 2.24) is 9.88 Å². The fraction of sp³-hybridized carbons (Fsp3) is 0.407. The summed E-state index contributed by atoms with van der Waals surface area (Å²) in [7, 11) is 4.68. The summed E-state index contributed by atoms with van der Waals surface area (Å²) < 4.78 is 22.6. The molecule has 198 valence electrons. The van der Waals surface area contributed by atoms with Crippen LogP contribution in [-0.4, -0.2) is 76.5 Å². The second-order valence-corrected chi connectivity index (χ2v) is 10.0. The summed E-state index contributed by atoms with van der Waals surface area (Å²) in [6.45, 7) is 6.72. The van der Waals surface area contributed by atoms with Crippen molar-refractivity contribution in [1.29, 1.82) is 0 Å². The molecule has 1 aliphatic heterocycles. The molecule has 1 saturated heterocycles. The van der Waals surface area contributed by atoms with Gasteiger partial charge in [-0.2, -0.15) is 0 Å². The van der Waals surface area contributed by atoms with E-state index in [0.29, 0.717) is 33.9 Å². The summed E-state index contributed by atoms with van der Waals surface area (Å²) in [5.74, 6) is 1.38. The van der Waals surface area contributed by atoms with Crippen LogP contribution in [-0.2, 0) is 9.53 Å².